The van der Waals surface area contributed by atoms with Crippen molar-refractivity contribution in [3.05, 3.63) is 80.2 Å². The molecule has 0 unspecified atom stereocenters. The Balaban J connectivity index is 1.77. The molecule has 37 heavy (non-hydrogen) atoms. The van der Waals surface area contributed by atoms with Gasteiger partial charge in [0.05, 0.1) is 35.6 Å². The van der Waals surface area contributed by atoms with Gasteiger partial charge >= 0.3 is 0 Å². The fraction of sp³-hybridized carbons (Fsp3) is 0.333. The molecule has 1 atom stereocenters. The van der Waals surface area contributed by atoms with Gasteiger partial charge in [-0.2, -0.15) is 0 Å². The van der Waals surface area contributed by atoms with Crippen molar-refractivity contribution in [1.82, 2.24) is 19.8 Å². The van der Waals surface area contributed by atoms with E-state index in [1.54, 1.807) is 54.4 Å². The molecule has 0 aliphatic carbocycles. The summed E-state index contributed by atoms with van der Waals surface area (Å²) in [5.41, 5.74) is 2.32. The van der Waals surface area contributed by atoms with E-state index in [2.05, 4.69) is 10.6 Å². The van der Waals surface area contributed by atoms with Crippen LogP contribution in [0.4, 0.5) is 5.95 Å². The monoisotopic (exact) mass is 523 g/mol. The molecule has 2 amide bonds. The van der Waals surface area contributed by atoms with Gasteiger partial charge in [0.2, 0.25) is 5.95 Å². The van der Waals surface area contributed by atoms with E-state index in [0.717, 1.165) is 0 Å². The number of fused-ring (bicyclic) bond motifs is 1. The molecular formula is C27H30ClN5O4. The first-order chi connectivity index (χ1) is 17.7. The largest absolute Gasteiger partial charge is 0.494 e. The molecule has 1 aliphatic heterocycles. The number of carbonyl (C=O) groups excluding carboxylic acids is 2. The molecular weight excluding hydrogens is 494 g/mol. The first-order valence-electron chi connectivity index (χ1n) is 12.0. The molecule has 9 nitrogen and oxygen atoms in total. The van der Waals surface area contributed by atoms with Crippen LogP contribution in [-0.4, -0.2) is 52.5 Å². The zero-order valence-electron chi connectivity index (χ0n) is 21.5. The van der Waals surface area contributed by atoms with Gasteiger partial charge in [-0.1, -0.05) is 17.7 Å². The topological polar surface area (TPSA) is 106 Å². The third-order valence-corrected chi connectivity index (χ3v) is 6.61. The number of hydrogen-bond acceptors (Lipinski definition) is 6. The number of aromatic nitrogens is 2. The van der Waals surface area contributed by atoms with Crippen molar-refractivity contribution in [3.63, 3.8) is 0 Å². The fourth-order valence-corrected chi connectivity index (χ4v) is 4.72. The molecule has 2 aromatic carbocycles. The molecule has 1 aliphatic rings. The third-order valence-electron chi connectivity index (χ3n) is 6.31. The van der Waals surface area contributed by atoms with Gasteiger partial charge in [0.25, 0.3) is 17.4 Å². The van der Waals surface area contributed by atoms with Crippen molar-refractivity contribution < 1.29 is 14.3 Å². The standard InChI is InChI=1S/C27H30ClN5O4/c1-15(2)30-27-31-22-14-32(25(35)19-7-6-8-21(28)23(19)37-5)16(3)13-20(22)26(36)33(27)18-11-9-17(10-12-18)24(34)29-4/h6-12,15-16H,13-14H2,1-5H3,(H,29,34)(H,30,31)/t16-/m1/s1. The first-order valence-corrected chi connectivity index (χ1v) is 12.4. The Bertz CT molecular complexity index is 1400. The highest BCUT2D eigenvalue weighted by Gasteiger charge is 2.33. The van der Waals surface area contributed by atoms with E-state index in [1.165, 1.54) is 11.7 Å². The Hall–Kier alpha value is -3.85. The maximum Gasteiger partial charge on any atom is 0.263 e. The van der Waals surface area contributed by atoms with E-state index in [0.29, 0.717) is 51.2 Å². The smallest absolute Gasteiger partial charge is 0.263 e. The molecule has 0 bridgehead atoms. The Morgan fingerprint density at radius 2 is 1.86 bits per heavy atom. The summed E-state index contributed by atoms with van der Waals surface area (Å²) in [7, 11) is 3.04. The number of benzene rings is 2. The predicted octanol–water partition coefficient (Wildman–Crippen LogP) is 3.66. The maximum atomic E-state index is 13.8. The first kappa shape index (κ1) is 26.2. The van der Waals surface area contributed by atoms with Gasteiger partial charge < -0.3 is 20.3 Å². The Morgan fingerprint density at radius 1 is 1.16 bits per heavy atom. The molecule has 0 radical (unpaired) electrons. The number of nitrogens with one attached hydrogen (secondary N) is 2. The number of para-hydroxylation sites is 1. The summed E-state index contributed by atoms with van der Waals surface area (Å²) in [5, 5.41) is 6.20. The zero-order chi connectivity index (χ0) is 26.9. The van der Waals surface area contributed by atoms with Crippen LogP contribution in [0.3, 0.4) is 0 Å². The van der Waals surface area contributed by atoms with Crippen molar-refractivity contribution in [2.24, 2.45) is 0 Å². The van der Waals surface area contributed by atoms with Crippen molar-refractivity contribution in [2.75, 3.05) is 19.5 Å². The van der Waals surface area contributed by atoms with Crippen LogP contribution in [0.1, 0.15) is 52.7 Å². The minimum absolute atomic E-state index is 0.00249. The Morgan fingerprint density at radius 3 is 2.49 bits per heavy atom. The summed E-state index contributed by atoms with van der Waals surface area (Å²) in [6.07, 6.45) is 0.341. The van der Waals surface area contributed by atoms with Gasteiger partial charge in [0, 0.05) is 30.3 Å². The van der Waals surface area contributed by atoms with E-state index in [9.17, 15) is 14.4 Å². The molecule has 2 heterocycles. The average molecular weight is 524 g/mol. The van der Waals surface area contributed by atoms with Crippen LogP contribution in [0.15, 0.2) is 47.3 Å². The lowest BCUT2D eigenvalue weighted by Gasteiger charge is -2.35. The summed E-state index contributed by atoms with van der Waals surface area (Å²) >= 11 is 6.25. The number of amides is 2. The van der Waals surface area contributed by atoms with E-state index in [1.807, 2.05) is 20.8 Å². The Labute approximate surface area is 220 Å². The second kappa shape index (κ2) is 10.6. The number of nitrogens with zero attached hydrogens (tertiary/aromatic N) is 3. The van der Waals surface area contributed by atoms with Gasteiger partial charge in [0.15, 0.2) is 0 Å². The third kappa shape index (κ3) is 5.04. The van der Waals surface area contributed by atoms with E-state index in [4.69, 9.17) is 21.3 Å². The molecule has 0 fully saturated rings. The van der Waals surface area contributed by atoms with Gasteiger partial charge in [-0.25, -0.2) is 9.55 Å². The van der Waals surface area contributed by atoms with Crippen LogP contribution in [-0.2, 0) is 13.0 Å². The number of halogens is 1. The van der Waals surface area contributed by atoms with Crippen molar-refractivity contribution >= 4 is 29.4 Å². The number of hydrogen-bond donors (Lipinski definition) is 2. The minimum atomic E-state index is -0.258. The minimum Gasteiger partial charge on any atom is -0.494 e. The maximum absolute atomic E-state index is 13.8. The molecule has 0 spiro atoms. The van der Waals surface area contributed by atoms with Gasteiger partial charge in [-0.15, -0.1) is 0 Å². The second-order valence-corrected chi connectivity index (χ2v) is 9.64. The average Bonchev–Trinajstić information content (AvgIpc) is 2.88. The van der Waals surface area contributed by atoms with Crippen LogP contribution in [0.2, 0.25) is 5.02 Å². The van der Waals surface area contributed by atoms with E-state index >= 15 is 0 Å². The van der Waals surface area contributed by atoms with Gasteiger partial charge in [0.1, 0.15) is 5.75 Å². The van der Waals surface area contributed by atoms with Crippen LogP contribution in [0, 0.1) is 0 Å². The van der Waals surface area contributed by atoms with Crippen LogP contribution < -0.4 is 20.9 Å². The molecule has 0 saturated heterocycles. The number of ether oxygens (including phenoxy) is 1. The summed E-state index contributed by atoms with van der Waals surface area (Å²) in [6, 6.07) is 11.6. The molecule has 10 heteroatoms. The summed E-state index contributed by atoms with van der Waals surface area (Å²) in [5.74, 6) is 0.233. The molecule has 1 aromatic heterocycles. The SMILES string of the molecule is CNC(=O)c1ccc(-n2c(NC(C)C)nc3c(c2=O)C[C@@H](C)N(C(=O)c2cccc(Cl)c2OC)C3)cc1. The molecule has 194 valence electrons. The van der Waals surface area contributed by atoms with Crippen LogP contribution in [0.25, 0.3) is 5.69 Å². The van der Waals surface area contributed by atoms with Crippen molar-refractivity contribution in [1.29, 1.82) is 0 Å². The number of anilines is 1. The van der Waals surface area contributed by atoms with Gasteiger partial charge in [-0.3, -0.25) is 14.4 Å². The zero-order valence-corrected chi connectivity index (χ0v) is 22.2. The van der Waals surface area contributed by atoms with Crippen molar-refractivity contribution in [2.45, 2.75) is 45.8 Å². The lowest BCUT2D eigenvalue weighted by Crippen LogP contribution is -2.46. The van der Waals surface area contributed by atoms with E-state index < -0.39 is 0 Å². The fourth-order valence-electron chi connectivity index (χ4n) is 4.47. The van der Waals surface area contributed by atoms with E-state index in [-0.39, 0.29) is 36.0 Å². The highest BCUT2D eigenvalue weighted by atomic mass is 35.5. The molecule has 0 saturated carbocycles. The quantitative estimate of drug-likeness (QED) is 0.511. The summed E-state index contributed by atoms with van der Waals surface area (Å²) in [4.78, 5) is 45.8. The molecule has 4 rings (SSSR count). The normalized spacial score (nSPS) is 14.8. The van der Waals surface area contributed by atoms with Crippen LogP contribution >= 0.6 is 11.6 Å². The lowest BCUT2D eigenvalue weighted by atomic mass is 9.98. The highest BCUT2D eigenvalue weighted by Crippen LogP contribution is 2.31. The highest BCUT2D eigenvalue weighted by molar-refractivity contribution is 6.32. The van der Waals surface area contributed by atoms with Crippen LogP contribution in [0.5, 0.6) is 5.75 Å². The summed E-state index contributed by atoms with van der Waals surface area (Å²) in [6.45, 7) is 5.98. The molecule has 3 aromatic rings. The molecule has 2 N–H and O–H groups in total. The van der Waals surface area contributed by atoms with Crippen molar-refractivity contribution in [3.8, 4) is 11.4 Å². The lowest BCUT2D eigenvalue weighted by molar-refractivity contribution is 0.0649. The number of carbonyl (C=O) groups is 2. The second-order valence-electron chi connectivity index (χ2n) is 9.23. The number of methoxy groups -OCH3 is 1. The number of rotatable bonds is 6. The predicted molar refractivity (Wildman–Crippen MR) is 143 cm³/mol. The summed E-state index contributed by atoms with van der Waals surface area (Å²) < 4.78 is 6.91. The van der Waals surface area contributed by atoms with Gasteiger partial charge in [-0.05, 0) is 63.6 Å². The Kier molecular flexibility index (Phi) is 7.54.